The van der Waals surface area contributed by atoms with Crippen molar-refractivity contribution in [1.82, 2.24) is 0 Å². The van der Waals surface area contributed by atoms with Gasteiger partial charge in [0.2, 0.25) is 0 Å². The summed E-state index contributed by atoms with van der Waals surface area (Å²) in [5, 5.41) is 0. The molecule has 0 spiro atoms. The van der Waals surface area contributed by atoms with Crippen LogP contribution >= 0.6 is 0 Å². The second-order valence-electron chi connectivity index (χ2n) is 11.6. The van der Waals surface area contributed by atoms with Crippen LogP contribution in [0.4, 0.5) is 0 Å². The number of hydrogen-bond donors (Lipinski definition) is 0. The molecule has 0 aromatic rings. The molecule has 0 aliphatic heterocycles. The lowest BCUT2D eigenvalue weighted by Gasteiger charge is -2.31. The van der Waals surface area contributed by atoms with Gasteiger partial charge in [0.25, 0.3) is 0 Å². The van der Waals surface area contributed by atoms with Gasteiger partial charge in [-0.05, 0) is 97.7 Å². The van der Waals surface area contributed by atoms with Gasteiger partial charge in [-0.2, -0.15) is 0 Å². The van der Waals surface area contributed by atoms with Crippen molar-refractivity contribution < 1.29 is 0 Å². The summed E-state index contributed by atoms with van der Waals surface area (Å²) in [5.41, 5.74) is 0. The fourth-order valence-electron chi connectivity index (χ4n) is 8.98. The van der Waals surface area contributed by atoms with Crippen LogP contribution in [0.25, 0.3) is 0 Å². The van der Waals surface area contributed by atoms with E-state index >= 15 is 0 Å². The molecule has 0 saturated heterocycles. The van der Waals surface area contributed by atoms with Crippen LogP contribution < -0.4 is 0 Å². The van der Waals surface area contributed by atoms with E-state index < -0.39 is 0 Å². The molecule has 4 fully saturated rings. The zero-order valence-electron chi connectivity index (χ0n) is 19.0. The van der Waals surface area contributed by atoms with Crippen molar-refractivity contribution >= 4 is 0 Å². The number of rotatable bonds is 6. The lowest BCUT2D eigenvalue weighted by molar-refractivity contribution is 0.193. The van der Waals surface area contributed by atoms with E-state index in [1.807, 2.05) is 0 Å². The highest BCUT2D eigenvalue weighted by Crippen LogP contribution is 2.55. The van der Waals surface area contributed by atoms with Crippen molar-refractivity contribution in [3.63, 3.8) is 0 Å². The van der Waals surface area contributed by atoms with Gasteiger partial charge in [-0.25, -0.2) is 0 Å². The molecule has 0 amide bonds. The van der Waals surface area contributed by atoms with Gasteiger partial charge in [0, 0.05) is 0 Å². The second kappa shape index (κ2) is 8.79. The van der Waals surface area contributed by atoms with Crippen LogP contribution in [-0.2, 0) is 0 Å². The molecular weight excluding hydrogens is 324 g/mol. The maximum atomic E-state index is 2.60. The molecule has 0 radical (unpaired) electrons. The smallest absolute Gasteiger partial charge is 0.0352 e. The Hall–Kier alpha value is 0. The Morgan fingerprint density at radius 2 is 0.815 bits per heavy atom. The Labute approximate surface area is 170 Å². The fraction of sp³-hybridized carbons (Fsp3) is 1.00. The van der Waals surface area contributed by atoms with Crippen molar-refractivity contribution in [2.24, 2.45) is 59.2 Å². The Morgan fingerprint density at radius 3 is 1.22 bits per heavy atom. The summed E-state index contributed by atoms with van der Waals surface area (Å²) in [4.78, 5) is 0. The number of hydrogen-bond acceptors (Lipinski definition) is 0. The molecule has 0 nitrogen and oxygen atoms in total. The second-order valence-corrected chi connectivity index (χ2v) is 11.6. The van der Waals surface area contributed by atoms with Crippen LogP contribution in [0.15, 0.2) is 0 Å². The van der Waals surface area contributed by atoms with Crippen molar-refractivity contribution in [2.75, 3.05) is 0 Å². The van der Waals surface area contributed by atoms with Crippen LogP contribution in [0.1, 0.15) is 111 Å². The molecule has 0 heterocycles. The zero-order valence-corrected chi connectivity index (χ0v) is 19.0. The summed E-state index contributed by atoms with van der Waals surface area (Å²) >= 11 is 0. The summed E-state index contributed by atoms with van der Waals surface area (Å²) in [5.74, 6) is 10.5. The molecule has 10 unspecified atom stereocenters. The molecule has 0 aromatic heterocycles. The summed E-state index contributed by atoms with van der Waals surface area (Å²) in [6.07, 6.45) is 20.0. The monoisotopic (exact) mass is 372 g/mol. The molecule has 4 rings (SSSR count). The van der Waals surface area contributed by atoms with Gasteiger partial charge in [-0.15, -0.1) is 0 Å². The summed E-state index contributed by atoms with van der Waals surface area (Å²) in [7, 11) is 0. The molecule has 0 bridgehead atoms. The molecule has 0 aromatic carbocycles. The van der Waals surface area contributed by atoms with E-state index in [1.165, 1.54) is 44.9 Å². The van der Waals surface area contributed by atoms with Crippen molar-refractivity contribution in [3.05, 3.63) is 0 Å². The van der Waals surface area contributed by atoms with Gasteiger partial charge in [0.15, 0.2) is 0 Å². The predicted molar refractivity (Wildman–Crippen MR) is 118 cm³/mol. The third-order valence-corrected chi connectivity index (χ3v) is 10.8. The number of unbranched alkanes of at least 4 members (excludes halogenated alkanes) is 2. The molecule has 0 heteroatoms. The van der Waals surface area contributed by atoms with Crippen LogP contribution in [0, 0.1) is 59.2 Å². The average Bonchev–Trinajstić information content (AvgIpc) is 3.08. The molecule has 4 aliphatic rings. The summed E-state index contributed by atoms with van der Waals surface area (Å²) < 4.78 is 0. The van der Waals surface area contributed by atoms with Crippen LogP contribution in [0.3, 0.4) is 0 Å². The molecular formula is C27H48. The third-order valence-electron chi connectivity index (χ3n) is 10.8. The van der Waals surface area contributed by atoms with Crippen molar-refractivity contribution in [3.8, 4) is 0 Å². The highest BCUT2D eigenvalue weighted by Gasteiger charge is 2.47. The topological polar surface area (TPSA) is 0 Å². The number of fused-ring (bicyclic) bond motifs is 2. The first-order valence-corrected chi connectivity index (χ1v) is 13.1. The van der Waals surface area contributed by atoms with E-state index in [0.29, 0.717) is 0 Å². The first-order valence-electron chi connectivity index (χ1n) is 13.1. The lowest BCUT2D eigenvalue weighted by Crippen LogP contribution is -2.21. The maximum Gasteiger partial charge on any atom is -0.0352 e. The quantitative estimate of drug-likeness (QED) is 0.411. The molecule has 0 N–H and O–H groups in total. The molecule has 10 atom stereocenters. The lowest BCUT2D eigenvalue weighted by atomic mass is 9.74. The minimum Gasteiger partial charge on any atom is -0.0620 e. The Balaban J connectivity index is 1.21. The van der Waals surface area contributed by atoms with Crippen molar-refractivity contribution in [1.29, 1.82) is 0 Å². The summed E-state index contributed by atoms with van der Waals surface area (Å²) in [6.45, 7) is 10.4. The molecule has 4 saturated carbocycles. The van der Waals surface area contributed by atoms with E-state index in [1.54, 1.807) is 38.5 Å². The van der Waals surface area contributed by atoms with Gasteiger partial charge >= 0.3 is 0 Å². The normalized spacial score (nSPS) is 49.8. The Kier molecular flexibility index (Phi) is 6.60. The van der Waals surface area contributed by atoms with Crippen LogP contribution in [0.2, 0.25) is 0 Å². The highest BCUT2D eigenvalue weighted by atomic mass is 14.5. The first-order chi connectivity index (χ1) is 13.1. The van der Waals surface area contributed by atoms with E-state index in [0.717, 1.165) is 59.2 Å². The van der Waals surface area contributed by atoms with E-state index in [2.05, 4.69) is 27.7 Å². The average molecular weight is 373 g/mol. The van der Waals surface area contributed by atoms with Gasteiger partial charge < -0.3 is 0 Å². The van der Waals surface area contributed by atoms with Gasteiger partial charge in [0.1, 0.15) is 0 Å². The molecule has 27 heavy (non-hydrogen) atoms. The minimum absolute atomic E-state index is 0.997. The first kappa shape index (κ1) is 20.3. The van der Waals surface area contributed by atoms with E-state index in [4.69, 9.17) is 0 Å². The third kappa shape index (κ3) is 3.90. The standard InChI is InChI=1S/C27H48/c1-18-20(3)24-14-8-10-16-26(24)22(18)12-6-5-7-13-23-19(2)21(4)25-15-9-11-17-27(23)25/h18-27H,5-17H2,1-4H3. The molecule has 156 valence electrons. The zero-order chi connectivity index (χ0) is 19.0. The van der Waals surface area contributed by atoms with Crippen LogP contribution in [-0.4, -0.2) is 0 Å². The fourth-order valence-corrected chi connectivity index (χ4v) is 8.98. The van der Waals surface area contributed by atoms with Crippen LogP contribution in [0.5, 0.6) is 0 Å². The van der Waals surface area contributed by atoms with Crippen molar-refractivity contribution in [2.45, 2.75) is 111 Å². The minimum atomic E-state index is 0.997. The largest absolute Gasteiger partial charge is 0.0620 e. The van der Waals surface area contributed by atoms with E-state index in [9.17, 15) is 0 Å². The van der Waals surface area contributed by atoms with Gasteiger partial charge in [-0.1, -0.05) is 72.6 Å². The summed E-state index contributed by atoms with van der Waals surface area (Å²) in [6, 6.07) is 0. The Morgan fingerprint density at radius 1 is 0.444 bits per heavy atom. The maximum absolute atomic E-state index is 2.60. The van der Waals surface area contributed by atoms with Gasteiger partial charge in [-0.3, -0.25) is 0 Å². The van der Waals surface area contributed by atoms with Gasteiger partial charge in [0.05, 0.1) is 0 Å². The molecule has 4 aliphatic carbocycles. The SMILES string of the molecule is CC1C(C)C2CCCCC2C1CCCCCC1C(C)C(C)C2CCCCC12. The predicted octanol–water partition coefficient (Wildman–Crippen LogP) is 8.35. The van der Waals surface area contributed by atoms with E-state index in [-0.39, 0.29) is 0 Å². The Bertz CT molecular complexity index is 425. The highest BCUT2D eigenvalue weighted by molar-refractivity contribution is 4.96.